The largest absolute Gasteiger partial charge is 0.366 e. The van der Waals surface area contributed by atoms with Crippen molar-refractivity contribution in [3.8, 4) is 0 Å². The number of hydrogen-bond acceptors (Lipinski definition) is 5. The van der Waals surface area contributed by atoms with Crippen molar-refractivity contribution in [1.82, 2.24) is 15.0 Å². The van der Waals surface area contributed by atoms with Gasteiger partial charge in [0.1, 0.15) is 0 Å². The molecule has 5 nitrogen and oxygen atoms in total. The van der Waals surface area contributed by atoms with Crippen molar-refractivity contribution in [2.75, 3.05) is 36.0 Å². The topological polar surface area (TPSA) is 45.2 Å². The Morgan fingerprint density at radius 1 is 0.826 bits per heavy atom. The summed E-state index contributed by atoms with van der Waals surface area (Å²) < 4.78 is 0. The highest BCUT2D eigenvalue weighted by Crippen LogP contribution is 2.26. The molecule has 0 amide bonds. The van der Waals surface area contributed by atoms with Gasteiger partial charge in [-0.05, 0) is 0 Å². The first-order valence-electron chi connectivity index (χ1n) is 7.61. The van der Waals surface area contributed by atoms with Gasteiger partial charge in [0.05, 0.1) is 29.3 Å². The minimum absolute atomic E-state index is 0.564. The molecule has 0 radical (unpaired) electrons. The zero-order chi connectivity index (χ0) is 15.6. The summed E-state index contributed by atoms with van der Waals surface area (Å²) in [7, 11) is 0. The van der Waals surface area contributed by atoms with Crippen LogP contribution in [0.4, 0.5) is 11.6 Å². The average Bonchev–Trinajstić information content (AvgIpc) is 2.62. The summed E-state index contributed by atoms with van der Waals surface area (Å²) in [5, 5.41) is 2.99. The molecular formula is C17H16ClN5. The normalized spacial score (nSPS) is 15.2. The summed E-state index contributed by atoms with van der Waals surface area (Å²) in [6.07, 6.45) is 7.16. The minimum atomic E-state index is 0.564. The molecule has 6 heteroatoms. The highest BCUT2D eigenvalue weighted by molar-refractivity contribution is 6.30. The molecule has 1 aromatic carbocycles. The van der Waals surface area contributed by atoms with Gasteiger partial charge in [-0.2, -0.15) is 0 Å². The van der Waals surface area contributed by atoms with Crippen molar-refractivity contribution >= 4 is 34.0 Å². The molecule has 3 aromatic rings. The first-order chi connectivity index (χ1) is 11.3. The maximum absolute atomic E-state index is 5.85. The number of rotatable bonds is 2. The van der Waals surface area contributed by atoms with Gasteiger partial charge in [0.2, 0.25) is 5.95 Å². The van der Waals surface area contributed by atoms with E-state index in [1.807, 2.05) is 18.5 Å². The Labute approximate surface area is 139 Å². The molecule has 1 fully saturated rings. The molecule has 0 aliphatic carbocycles. The van der Waals surface area contributed by atoms with E-state index in [-0.39, 0.29) is 0 Å². The van der Waals surface area contributed by atoms with Crippen LogP contribution in [0.25, 0.3) is 10.8 Å². The lowest BCUT2D eigenvalue weighted by molar-refractivity contribution is 0.640. The van der Waals surface area contributed by atoms with Crippen molar-refractivity contribution in [2.24, 2.45) is 0 Å². The third kappa shape index (κ3) is 2.80. The van der Waals surface area contributed by atoms with E-state index in [1.54, 1.807) is 12.4 Å². The molecule has 1 aliphatic rings. The summed E-state index contributed by atoms with van der Waals surface area (Å²) in [6.45, 7) is 3.60. The van der Waals surface area contributed by atoms with Gasteiger partial charge < -0.3 is 9.80 Å². The predicted molar refractivity (Wildman–Crippen MR) is 93.2 cm³/mol. The molecule has 0 spiro atoms. The molecule has 0 saturated carbocycles. The first-order valence-corrected chi connectivity index (χ1v) is 7.99. The third-order valence-corrected chi connectivity index (χ3v) is 4.35. The number of halogens is 1. The van der Waals surface area contributed by atoms with Crippen LogP contribution in [-0.2, 0) is 0 Å². The summed E-state index contributed by atoms with van der Waals surface area (Å²) in [6, 6.07) is 8.37. The Kier molecular flexibility index (Phi) is 3.71. The van der Waals surface area contributed by atoms with E-state index in [9.17, 15) is 0 Å². The molecule has 3 heterocycles. The van der Waals surface area contributed by atoms with Gasteiger partial charge in [0, 0.05) is 43.1 Å². The lowest BCUT2D eigenvalue weighted by Crippen LogP contribution is -2.47. The SMILES string of the molecule is Clc1cnc(N2CCN(c3cncc4ccccc34)CC2)nc1. The first kappa shape index (κ1) is 14.2. The van der Waals surface area contributed by atoms with Gasteiger partial charge in [-0.1, -0.05) is 35.9 Å². The summed E-state index contributed by atoms with van der Waals surface area (Å²) in [5.41, 5.74) is 1.19. The Morgan fingerprint density at radius 2 is 1.52 bits per heavy atom. The van der Waals surface area contributed by atoms with Gasteiger partial charge in [-0.15, -0.1) is 0 Å². The number of anilines is 2. The minimum Gasteiger partial charge on any atom is -0.366 e. The average molecular weight is 326 g/mol. The highest BCUT2D eigenvalue weighted by Gasteiger charge is 2.20. The van der Waals surface area contributed by atoms with E-state index in [2.05, 4.69) is 43.0 Å². The number of aromatic nitrogens is 3. The zero-order valence-corrected chi connectivity index (χ0v) is 13.3. The van der Waals surface area contributed by atoms with Gasteiger partial charge >= 0.3 is 0 Å². The van der Waals surface area contributed by atoms with Gasteiger partial charge in [0.15, 0.2) is 0 Å². The summed E-state index contributed by atoms with van der Waals surface area (Å²) in [5.74, 6) is 0.741. The number of pyridine rings is 1. The lowest BCUT2D eigenvalue weighted by atomic mass is 10.1. The molecule has 0 atom stereocenters. The van der Waals surface area contributed by atoms with Gasteiger partial charge in [0.25, 0.3) is 0 Å². The fraction of sp³-hybridized carbons (Fsp3) is 0.235. The highest BCUT2D eigenvalue weighted by atomic mass is 35.5. The number of nitrogens with zero attached hydrogens (tertiary/aromatic N) is 5. The lowest BCUT2D eigenvalue weighted by Gasteiger charge is -2.36. The summed E-state index contributed by atoms with van der Waals surface area (Å²) >= 11 is 5.85. The van der Waals surface area contributed by atoms with Crippen LogP contribution in [0.1, 0.15) is 0 Å². The second-order valence-corrected chi connectivity index (χ2v) is 5.99. The second-order valence-electron chi connectivity index (χ2n) is 5.56. The number of piperazine rings is 1. The quantitative estimate of drug-likeness (QED) is 0.724. The maximum Gasteiger partial charge on any atom is 0.225 e. The molecule has 0 unspecified atom stereocenters. The van der Waals surface area contributed by atoms with Crippen LogP contribution in [0.2, 0.25) is 5.02 Å². The number of hydrogen-bond donors (Lipinski definition) is 0. The molecule has 0 N–H and O–H groups in total. The van der Waals surface area contributed by atoms with Crippen molar-refractivity contribution in [1.29, 1.82) is 0 Å². The number of benzene rings is 1. The Morgan fingerprint density at radius 3 is 2.30 bits per heavy atom. The van der Waals surface area contributed by atoms with E-state index < -0.39 is 0 Å². The van der Waals surface area contributed by atoms with Gasteiger partial charge in [-0.25, -0.2) is 9.97 Å². The standard InChI is InChI=1S/C17H16ClN5/c18-14-10-20-17(21-11-14)23-7-5-22(6-8-23)16-12-19-9-13-3-1-2-4-15(13)16/h1-4,9-12H,5-8H2. The van der Waals surface area contributed by atoms with Crippen molar-refractivity contribution < 1.29 is 0 Å². The van der Waals surface area contributed by atoms with Crippen LogP contribution in [-0.4, -0.2) is 41.1 Å². The van der Waals surface area contributed by atoms with Crippen LogP contribution in [0.15, 0.2) is 49.1 Å². The van der Waals surface area contributed by atoms with E-state index in [4.69, 9.17) is 11.6 Å². The molecule has 2 aromatic heterocycles. The molecular weight excluding hydrogens is 310 g/mol. The molecule has 0 bridgehead atoms. The monoisotopic (exact) mass is 325 g/mol. The number of fused-ring (bicyclic) bond motifs is 1. The van der Waals surface area contributed by atoms with Crippen LogP contribution < -0.4 is 9.80 Å². The van der Waals surface area contributed by atoms with E-state index >= 15 is 0 Å². The molecule has 1 saturated heterocycles. The van der Waals surface area contributed by atoms with Crippen molar-refractivity contribution in [3.63, 3.8) is 0 Å². The van der Waals surface area contributed by atoms with E-state index in [0.29, 0.717) is 5.02 Å². The van der Waals surface area contributed by atoms with E-state index in [1.165, 1.54) is 16.5 Å². The van der Waals surface area contributed by atoms with Crippen LogP contribution in [0.5, 0.6) is 0 Å². The third-order valence-electron chi connectivity index (χ3n) is 4.16. The van der Waals surface area contributed by atoms with E-state index in [0.717, 1.165) is 32.1 Å². The smallest absolute Gasteiger partial charge is 0.225 e. The maximum atomic E-state index is 5.85. The fourth-order valence-corrected chi connectivity index (χ4v) is 3.07. The fourth-order valence-electron chi connectivity index (χ4n) is 2.97. The van der Waals surface area contributed by atoms with Crippen molar-refractivity contribution in [3.05, 3.63) is 54.1 Å². The second kappa shape index (κ2) is 6.01. The van der Waals surface area contributed by atoms with Gasteiger partial charge in [-0.3, -0.25) is 4.98 Å². The zero-order valence-electron chi connectivity index (χ0n) is 12.6. The van der Waals surface area contributed by atoms with Crippen LogP contribution >= 0.6 is 11.6 Å². The molecule has 23 heavy (non-hydrogen) atoms. The predicted octanol–water partition coefficient (Wildman–Crippen LogP) is 3.00. The molecule has 4 rings (SSSR count). The van der Waals surface area contributed by atoms with Crippen molar-refractivity contribution in [2.45, 2.75) is 0 Å². The summed E-state index contributed by atoms with van der Waals surface area (Å²) in [4.78, 5) is 17.5. The Bertz CT molecular complexity index is 807. The van der Waals surface area contributed by atoms with Crippen LogP contribution in [0, 0.1) is 0 Å². The molecule has 116 valence electrons. The molecule has 1 aliphatic heterocycles. The Balaban J connectivity index is 1.54. The van der Waals surface area contributed by atoms with Crippen LogP contribution in [0.3, 0.4) is 0 Å². The Hall–Kier alpha value is -2.40.